The summed E-state index contributed by atoms with van der Waals surface area (Å²) in [6, 6.07) is 6.59. The number of hydrogen-bond donors (Lipinski definition) is 1. The number of likely N-dealkylation sites (N-methyl/N-ethyl adjacent to an activating group) is 1. The summed E-state index contributed by atoms with van der Waals surface area (Å²) in [6.07, 6.45) is 7.10. The first-order valence-corrected chi connectivity index (χ1v) is 6.85. The van der Waals surface area contributed by atoms with E-state index < -0.39 is 0 Å². The van der Waals surface area contributed by atoms with E-state index in [0.717, 1.165) is 17.9 Å². The highest BCUT2D eigenvalue weighted by Gasteiger charge is 2.16. The Hall–Kier alpha value is -1.48. The quantitative estimate of drug-likeness (QED) is 0.799. The van der Waals surface area contributed by atoms with E-state index in [1.165, 1.54) is 30.4 Å². The minimum atomic E-state index is 0.431. The molecule has 19 heavy (non-hydrogen) atoms. The van der Waals surface area contributed by atoms with Crippen LogP contribution in [-0.2, 0) is 6.42 Å². The third-order valence-electron chi connectivity index (χ3n) is 3.76. The second kappa shape index (κ2) is 6.62. The largest absolute Gasteiger partial charge is 0.493 e. The lowest BCUT2D eigenvalue weighted by Gasteiger charge is -2.18. The Bertz CT molecular complexity index is 454. The number of hydrogen-bond acceptors (Lipinski definition) is 3. The van der Waals surface area contributed by atoms with Crippen molar-refractivity contribution in [2.45, 2.75) is 31.7 Å². The van der Waals surface area contributed by atoms with Crippen LogP contribution < -0.4 is 14.8 Å². The van der Waals surface area contributed by atoms with Crippen molar-refractivity contribution in [3.05, 3.63) is 35.4 Å². The molecule has 0 heterocycles. The van der Waals surface area contributed by atoms with Crippen molar-refractivity contribution < 1.29 is 9.47 Å². The van der Waals surface area contributed by atoms with Crippen LogP contribution in [0.5, 0.6) is 11.5 Å². The smallest absolute Gasteiger partial charge is 0.160 e. The lowest BCUT2D eigenvalue weighted by molar-refractivity contribution is 0.354. The standard InChI is InChI=1S/C16H23NO2/c1-17-14(13-6-4-5-7-13)10-12-8-9-15(18-2)16(11-12)19-3/h6,8-9,11,14,17H,4-5,7,10H2,1-3H3. The molecule has 0 bridgehead atoms. The lowest BCUT2D eigenvalue weighted by Crippen LogP contribution is -2.29. The van der Waals surface area contributed by atoms with E-state index in [4.69, 9.17) is 9.47 Å². The van der Waals surface area contributed by atoms with Gasteiger partial charge in [-0.25, -0.2) is 0 Å². The maximum Gasteiger partial charge on any atom is 0.160 e. The SMILES string of the molecule is CNC(Cc1ccc(OC)c(OC)c1)C1=CCCC1. The Labute approximate surface area is 115 Å². The van der Waals surface area contributed by atoms with Crippen molar-refractivity contribution in [1.29, 1.82) is 0 Å². The molecule has 0 saturated heterocycles. The Morgan fingerprint density at radius 3 is 2.58 bits per heavy atom. The van der Waals surface area contributed by atoms with Gasteiger partial charge in [0.2, 0.25) is 0 Å². The fourth-order valence-corrected chi connectivity index (χ4v) is 2.67. The van der Waals surface area contributed by atoms with Gasteiger partial charge < -0.3 is 14.8 Å². The molecule has 0 radical (unpaired) electrons. The van der Waals surface area contributed by atoms with Crippen molar-refractivity contribution in [3.8, 4) is 11.5 Å². The minimum absolute atomic E-state index is 0.431. The molecule has 1 aromatic carbocycles. The molecule has 1 aliphatic rings. The van der Waals surface area contributed by atoms with Crippen LogP contribution in [0.2, 0.25) is 0 Å². The summed E-state index contributed by atoms with van der Waals surface area (Å²) in [6.45, 7) is 0. The van der Waals surface area contributed by atoms with Crippen LogP contribution in [0.15, 0.2) is 29.8 Å². The molecule has 0 amide bonds. The van der Waals surface area contributed by atoms with Gasteiger partial charge in [-0.2, -0.15) is 0 Å². The van der Waals surface area contributed by atoms with Crippen LogP contribution in [0.3, 0.4) is 0 Å². The van der Waals surface area contributed by atoms with Crippen LogP contribution in [0.1, 0.15) is 24.8 Å². The van der Waals surface area contributed by atoms with E-state index in [1.54, 1.807) is 14.2 Å². The van der Waals surface area contributed by atoms with Crippen LogP contribution in [0, 0.1) is 0 Å². The van der Waals surface area contributed by atoms with Gasteiger partial charge in [0.25, 0.3) is 0 Å². The molecule has 2 rings (SSSR count). The van der Waals surface area contributed by atoms with Gasteiger partial charge in [0.1, 0.15) is 0 Å². The van der Waals surface area contributed by atoms with E-state index >= 15 is 0 Å². The van der Waals surface area contributed by atoms with Gasteiger partial charge in [0.15, 0.2) is 11.5 Å². The van der Waals surface area contributed by atoms with Crippen molar-refractivity contribution in [3.63, 3.8) is 0 Å². The average Bonchev–Trinajstić information content (AvgIpc) is 2.98. The summed E-state index contributed by atoms with van der Waals surface area (Å²) in [5.74, 6) is 1.59. The molecule has 1 unspecified atom stereocenters. The van der Waals surface area contributed by atoms with Gasteiger partial charge in [-0.05, 0) is 50.4 Å². The minimum Gasteiger partial charge on any atom is -0.493 e. The van der Waals surface area contributed by atoms with Gasteiger partial charge in [-0.15, -0.1) is 0 Å². The average molecular weight is 261 g/mol. The van der Waals surface area contributed by atoms with Gasteiger partial charge >= 0.3 is 0 Å². The first-order chi connectivity index (χ1) is 9.28. The highest BCUT2D eigenvalue weighted by atomic mass is 16.5. The van der Waals surface area contributed by atoms with E-state index in [0.29, 0.717) is 6.04 Å². The van der Waals surface area contributed by atoms with Crippen molar-refractivity contribution in [2.75, 3.05) is 21.3 Å². The monoisotopic (exact) mass is 261 g/mol. The molecule has 1 aliphatic carbocycles. The second-order valence-electron chi connectivity index (χ2n) is 4.91. The lowest BCUT2D eigenvalue weighted by atomic mass is 9.98. The van der Waals surface area contributed by atoms with Crippen molar-refractivity contribution >= 4 is 0 Å². The molecule has 0 aliphatic heterocycles. The summed E-state index contributed by atoms with van der Waals surface area (Å²) in [5.41, 5.74) is 2.81. The predicted octanol–water partition coefficient (Wildman–Crippen LogP) is 2.94. The molecule has 0 aromatic heterocycles. The number of rotatable bonds is 6. The molecule has 0 spiro atoms. The normalized spacial score (nSPS) is 16.1. The van der Waals surface area contributed by atoms with Gasteiger partial charge in [-0.1, -0.05) is 17.7 Å². The molecule has 0 fully saturated rings. The fourth-order valence-electron chi connectivity index (χ4n) is 2.67. The molecule has 1 aromatic rings. The summed E-state index contributed by atoms with van der Waals surface area (Å²) in [5, 5.41) is 3.42. The van der Waals surface area contributed by atoms with Crippen LogP contribution in [0.4, 0.5) is 0 Å². The zero-order valence-electron chi connectivity index (χ0n) is 12.0. The summed E-state index contributed by atoms with van der Waals surface area (Å²) in [7, 11) is 5.37. The highest BCUT2D eigenvalue weighted by molar-refractivity contribution is 5.43. The van der Waals surface area contributed by atoms with E-state index in [9.17, 15) is 0 Å². The Morgan fingerprint density at radius 1 is 1.21 bits per heavy atom. The molecular weight excluding hydrogens is 238 g/mol. The maximum atomic E-state index is 5.36. The zero-order chi connectivity index (χ0) is 13.7. The van der Waals surface area contributed by atoms with E-state index in [1.807, 2.05) is 13.1 Å². The first kappa shape index (κ1) is 13.9. The Morgan fingerprint density at radius 2 is 2.00 bits per heavy atom. The highest BCUT2D eigenvalue weighted by Crippen LogP contribution is 2.29. The summed E-state index contributed by atoms with van der Waals surface area (Å²) < 4.78 is 10.6. The van der Waals surface area contributed by atoms with Gasteiger partial charge in [-0.3, -0.25) is 0 Å². The van der Waals surface area contributed by atoms with E-state index in [-0.39, 0.29) is 0 Å². The van der Waals surface area contributed by atoms with Gasteiger partial charge in [0, 0.05) is 6.04 Å². The predicted molar refractivity (Wildman–Crippen MR) is 78.0 cm³/mol. The fraction of sp³-hybridized carbons (Fsp3) is 0.500. The van der Waals surface area contributed by atoms with Gasteiger partial charge in [0.05, 0.1) is 14.2 Å². The van der Waals surface area contributed by atoms with Crippen molar-refractivity contribution in [2.24, 2.45) is 0 Å². The topological polar surface area (TPSA) is 30.5 Å². The second-order valence-corrected chi connectivity index (χ2v) is 4.91. The summed E-state index contributed by atoms with van der Waals surface area (Å²) >= 11 is 0. The molecule has 104 valence electrons. The number of benzene rings is 1. The molecule has 3 heteroatoms. The summed E-state index contributed by atoms with van der Waals surface area (Å²) in [4.78, 5) is 0. The number of allylic oxidation sites excluding steroid dienone is 1. The Balaban J connectivity index is 2.13. The molecular formula is C16H23NO2. The number of ether oxygens (including phenoxy) is 2. The van der Waals surface area contributed by atoms with Crippen molar-refractivity contribution in [1.82, 2.24) is 5.32 Å². The van der Waals surface area contributed by atoms with Crippen LogP contribution in [0.25, 0.3) is 0 Å². The Kier molecular flexibility index (Phi) is 4.86. The third kappa shape index (κ3) is 3.29. The number of nitrogens with one attached hydrogen (secondary N) is 1. The third-order valence-corrected chi connectivity index (χ3v) is 3.76. The van der Waals surface area contributed by atoms with Crippen LogP contribution in [-0.4, -0.2) is 27.3 Å². The molecule has 1 N–H and O–H groups in total. The van der Waals surface area contributed by atoms with E-state index in [2.05, 4.69) is 23.5 Å². The molecule has 0 saturated carbocycles. The first-order valence-electron chi connectivity index (χ1n) is 6.85. The van der Waals surface area contributed by atoms with Crippen LogP contribution >= 0.6 is 0 Å². The molecule has 3 nitrogen and oxygen atoms in total. The zero-order valence-corrected chi connectivity index (χ0v) is 12.0. The maximum absolute atomic E-state index is 5.36. The molecule has 1 atom stereocenters. The number of methoxy groups -OCH3 is 2.